The highest BCUT2D eigenvalue weighted by Crippen LogP contribution is 2.36. The third kappa shape index (κ3) is 3.00. The van der Waals surface area contributed by atoms with E-state index in [2.05, 4.69) is 4.98 Å². The lowest BCUT2D eigenvalue weighted by molar-refractivity contribution is 0.437. The van der Waals surface area contributed by atoms with Gasteiger partial charge in [0.05, 0.1) is 5.69 Å². The van der Waals surface area contributed by atoms with Crippen molar-refractivity contribution in [1.82, 2.24) is 4.98 Å². The molecule has 4 rings (SSSR count). The number of fused-ring (bicyclic) bond motifs is 1. The molecular formula is C21H17F2NO. The number of nitrogens with zero attached hydrogens (tertiary/aromatic N) is 1. The third-order valence-electron chi connectivity index (χ3n) is 4.52. The lowest BCUT2D eigenvalue weighted by Crippen LogP contribution is -1.96. The molecule has 0 fully saturated rings. The van der Waals surface area contributed by atoms with Gasteiger partial charge in [-0.05, 0) is 74.2 Å². The van der Waals surface area contributed by atoms with Crippen molar-refractivity contribution in [2.24, 2.45) is 0 Å². The summed E-state index contributed by atoms with van der Waals surface area (Å²) in [6.45, 7) is 1.90. The average molecular weight is 337 g/mol. The second-order valence-electron chi connectivity index (χ2n) is 6.27. The first-order chi connectivity index (χ1) is 12.1. The zero-order chi connectivity index (χ0) is 17.4. The molecule has 2 nitrogen and oxygen atoms in total. The first-order valence-corrected chi connectivity index (χ1v) is 8.33. The summed E-state index contributed by atoms with van der Waals surface area (Å²) < 4.78 is 34.1. The molecule has 1 aromatic heterocycles. The zero-order valence-electron chi connectivity index (χ0n) is 13.9. The number of benzene rings is 2. The first-order valence-electron chi connectivity index (χ1n) is 8.33. The summed E-state index contributed by atoms with van der Waals surface area (Å²) in [6.07, 6.45) is 2.36. The van der Waals surface area contributed by atoms with Crippen LogP contribution in [0.3, 0.4) is 0 Å². The summed E-state index contributed by atoms with van der Waals surface area (Å²) in [4.78, 5) is 4.41. The molecule has 0 atom stereocenters. The Bertz CT molecular complexity index is 953. The standard InChI is InChI=1S/C21H17F2NO/c1-13-4-2-7-19(24-13)14-8-10-21(18(23)12-14)25-20-11-9-17(22)15-5-3-6-16(15)20/h2,4,7-12H,3,5-6H2,1H3. The van der Waals surface area contributed by atoms with Crippen LogP contribution in [-0.4, -0.2) is 4.98 Å². The molecule has 0 N–H and O–H groups in total. The van der Waals surface area contributed by atoms with Crippen LogP contribution >= 0.6 is 0 Å². The van der Waals surface area contributed by atoms with E-state index in [1.165, 1.54) is 12.1 Å². The Hall–Kier alpha value is -2.75. The molecule has 126 valence electrons. The van der Waals surface area contributed by atoms with E-state index in [4.69, 9.17) is 4.74 Å². The van der Waals surface area contributed by atoms with Gasteiger partial charge in [-0.2, -0.15) is 0 Å². The minimum atomic E-state index is -0.461. The van der Waals surface area contributed by atoms with Crippen LogP contribution in [0.5, 0.6) is 11.5 Å². The van der Waals surface area contributed by atoms with Gasteiger partial charge in [0.25, 0.3) is 0 Å². The highest BCUT2D eigenvalue weighted by Gasteiger charge is 2.20. The number of halogens is 2. The molecule has 0 unspecified atom stereocenters. The van der Waals surface area contributed by atoms with Gasteiger partial charge in [0, 0.05) is 16.8 Å². The normalized spacial score (nSPS) is 12.9. The van der Waals surface area contributed by atoms with Gasteiger partial charge in [0.15, 0.2) is 11.6 Å². The van der Waals surface area contributed by atoms with Gasteiger partial charge >= 0.3 is 0 Å². The number of rotatable bonds is 3. The number of aryl methyl sites for hydroxylation is 1. The smallest absolute Gasteiger partial charge is 0.166 e. The summed E-state index contributed by atoms with van der Waals surface area (Å²) >= 11 is 0. The van der Waals surface area contributed by atoms with Crippen LogP contribution in [0.2, 0.25) is 0 Å². The molecule has 4 heteroatoms. The van der Waals surface area contributed by atoms with Crippen molar-refractivity contribution in [3.05, 3.63) is 77.0 Å². The average Bonchev–Trinajstić information content (AvgIpc) is 3.10. The lowest BCUT2D eigenvalue weighted by atomic mass is 10.1. The maximum absolute atomic E-state index is 14.5. The zero-order valence-corrected chi connectivity index (χ0v) is 13.9. The fraction of sp³-hybridized carbons (Fsp3) is 0.190. The van der Waals surface area contributed by atoms with Crippen molar-refractivity contribution in [2.75, 3.05) is 0 Å². The molecule has 0 aliphatic heterocycles. The lowest BCUT2D eigenvalue weighted by Gasteiger charge is -2.12. The Kier molecular flexibility index (Phi) is 3.96. The van der Waals surface area contributed by atoms with Gasteiger partial charge in [-0.25, -0.2) is 8.78 Å². The Morgan fingerprint density at radius 2 is 1.68 bits per heavy atom. The second kappa shape index (κ2) is 6.28. The SMILES string of the molecule is Cc1cccc(-c2ccc(Oc3ccc(F)c4c3CCC4)c(F)c2)n1. The van der Waals surface area contributed by atoms with E-state index in [0.717, 1.165) is 24.1 Å². The van der Waals surface area contributed by atoms with Crippen molar-refractivity contribution in [2.45, 2.75) is 26.2 Å². The topological polar surface area (TPSA) is 22.1 Å². The van der Waals surface area contributed by atoms with Crippen LogP contribution in [0.1, 0.15) is 23.2 Å². The number of ether oxygens (including phenoxy) is 1. The second-order valence-corrected chi connectivity index (χ2v) is 6.27. The molecule has 0 spiro atoms. The molecule has 3 aromatic rings. The Morgan fingerprint density at radius 1 is 0.880 bits per heavy atom. The quantitative estimate of drug-likeness (QED) is 0.619. The minimum absolute atomic E-state index is 0.136. The van der Waals surface area contributed by atoms with Crippen LogP contribution in [-0.2, 0) is 12.8 Å². The van der Waals surface area contributed by atoms with Crippen molar-refractivity contribution < 1.29 is 13.5 Å². The van der Waals surface area contributed by atoms with Gasteiger partial charge in [0.1, 0.15) is 11.6 Å². The molecule has 0 bridgehead atoms. The van der Waals surface area contributed by atoms with Crippen LogP contribution in [0.25, 0.3) is 11.3 Å². The summed E-state index contributed by atoms with van der Waals surface area (Å²) in [7, 11) is 0. The van der Waals surface area contributed by atoms with E-state index in [9.17, 15) is 8.78 Å². The molecule has 1 heterocycles. The van der Waals surface area contributed by atoms with E-state index < -0.39 is 5.82 Å². The van der Waals surface area contributed by atoms with Crippen molar-refractivity contribution in [1.29, 1.82) is 0 Å². The number of hydrogen-bond acceptors (Lipinski definition) is 2. The fourth-order valence-corrected chi connectivity index (χ4v) is 3.29. The van der Waals surface area contributed by atoms with Crippen LogP contribution < -0.4 is 4.74 Å². The van der Waals surface area contributed by atoms with Gasteiger partial charge in [-0.3, -0.25) is 4.98 Å². The van der Waals surface area contributed by atoms with Gasteiger partial charge in [-0.15, -0.1) is 0 Å². The minimum Gasteiger partial charge on any atom is -0.454 e. The van der Waals surface area contributed by atoms with Crippen molar-refractivity contribution >= 4 is 0 Å². The molecule has 1 aliphatic carbocycles. The van der Waals surface area contributed by atoms with Crippen LogP contribution in [0.4, 0.5) is 8.78 Å². The summed E-state index contributed by atoms with van der Waals surface area (Å²) in [6, 6.07) is 13.4. The van der Waals surface area contributed by atoms with E-state index in [0.29, 0.717) is 29.0 Å². The number of hydrogen-bond donors (Lipinski definition) is 0. The van der Waals surface area contributed by atoms with Gasteiger partial charge in [-0.1, -0.05) is 6.07 Å². The van der Waals surface area contributed by atoms with Crippen molar-refractivity contribution in [3.8, 4) is 22.8 Å². The van der Waals surface area contributed by atoms with Crippen molar-refractivity contribution in [3.63, 3.8) is 0 Å². The molecule has 0 amide bonds. The van der Waals surface area contributed by atoms with Crippen LogP contribution in [0, 0.1) is 18.6 Å². The molecule has 0 radical (unpaired) electrons. The summed E-state index contributed by atoms with van der Waals surface area (Å²) in [5, 5.41) is 0. The van der Waals surface area contributed by atoms with E-state index in [-0.39, 0.29) is 11.6 Å². The summed E-state index contributed by atoms with van der Waals surface area (Å²) in [5.41, 5.74) is 3.83. The molecule has 25 heavy (non-hydrogen) atoms. The monoisotopic (exact) mass is 337 g/mol. The van der Waals surface area contributed by atoms with Gasteiger partial charge in [0.2, 0.25) is 0 Å². The third-order valence-corrected chi connectivity index (χ3v) is 4.52. The Labute approximate surface area is 145 Å². The predicted molar refractivity (Wildman–Crippen MR) is 92.9 cm³/mol. The molecule has 0 saturated carbocycles. The molecule has 1 aliphatic rings. The number of pyridine rings is 1. The molecule has 2 aromatic carbocycles. The van der Waals surface area contributed by atoms with E-state index >= 15 is 0 Å². The summed E-state index contributed by atoms with van der Waals surface area (Å²) in [5.74, 6) is 0.00408. The maximum atomic E-state index is 14.5. The Morgan fingerprint density at radius 3 is 2.48 bits per heavy atom. The van der Waals surface area contributed by atoms with Gasteiger partial charge < -0.3 is 4.74 Å². The number of aromatic nitrogens is 1. The molecule has 0 saturated heterocycles. The van der Waals surface area contributed by atoms with Crippen LogP contribution in [0.15, 0.2) is 48.5 Å². The van der Waals surface area contributed by atoms with E-state index in [1.54, 1.807) is 18.2 Å². The highest BCUT2D eigenvalue weighted by molar-refractivity contribution is 5.61. The largest absolute Gasteiger partial charge is 0.454 e. The van der Waals surface area contributed by atoms with E-state index in [1.807, 2.05) is 25.1 Å². The Balaban J connectivity index is 1.66. The predicted octanol–water partition coefficient (Wildman–Crippen LogP) is 5.62. The molecular weight excluding hydrogens is 320 g/mol. The maximum Gasteiger partial charge on any atom is 0.166 e. The highest BCUT2D eigenvalue weighted by atomic mass is 19.1. The fourth-order valence-electron chi connectivity index (χ4n) is 3.29. The first kappa shape index (κ1) is 15.8.